The van der Waals surface area contributed by atoms with E-state index in [2.05, 4.69) is 10.6 Å². The molecule has 0 spiro atoms. The van der Waals surface area contributed by atoms with Crippen molar-refractivity contribution < 1.29 is 14.3 Å². The maximum Gasteiger partial charge on any atom is 0.251 e. The summed E-state index contributed by atoms with van der Waals surface area (Å²) in [7, 11) is 0. The summed E-state index contributed by atoms with van der Waals surface area (Å²) in [4.78, 5) is 24.3. The minimum Gasteiger partial charge on any atom is -0.376 e. The number of amides is 2. The Labute approximate surface area is 137 Å². The molecule has 2 rings (SSSR count). The van der Waals surface area contributed by atoms with Crippen LogP contribution in [0, 0.1) is 5.92 Å². The molecule has 1 atom stereocenters. The van der Waals surface area contributed by atoms with Crippen molar-refractivity contribution in [2.45, 2.75) is 45.6 Å². The second kappa shape index (κ2) is 8.67. The number of hydrogen-bond donors (Lipinski definition) is 2. The number of carbonyl (C=O) groups excluding carboxylic acids is 2. The van der Waals surface area contributed by atoms with Gasteiger partial charge in [-0.2, -0.15) is 0 Å². The summed E-state index contributed by atoms with van der Waals surface area (Å²) in [6, 6.07) is 7.05. The molecule has 1 heterocycles. The highest BCUT2D eigenvalue weighted by Gasteiger charge is 2.17. The third-order valence-corrected chi connectivity index (χ3v) is 4.26. The van der Waals surface area contributed by atoms with Crippen molar-refractivity contribution in [3.63, 3.8) is 0 Å². The lowest BCUT2D eigenvalue weighted by atomic mass is 10.0. The van der Waals surface area contributed by atoms with E-state index < -0.39 is 0 Å². The number of rotatable bonds is 7. The fourth-order valence-corrected chi connectivity index (χ4v) is 2.76. The van der Waals surface area contributed by atoms with E-state index in [1.165, 1.54) is 0 Å². The molecule has 2 amide bonds. The second-order valence-corrected chi connectivity index (χ2v) is 5.93. The van der Waals surface area contributed by atoms with E-state index in [1.807, 2.05) is 13.8 Å². The predicted octanol–water partition coefficient (Wildman–Crippen LogP) is 2.97. The first-order chi connectivity index (χ1) is 11.1. The number of ether oxygens (including phenoxy) is 1. The molecule has 1 saturated heterocycles. The van der Waals surface area contributed by atoms with Gasteiger partial charge in [0.15, 0.2) is 0 Å². The standard InChI is InChI=1S/C18H26N2O3/c1-3-13(4-2)18(22)20-15-8-5-7-14(11-15)17(21)19-12-16-9-6-10-23-16/h5,7-8,11,13,16H,3-4,6,9-10,12H2,1-2H3,(H,19,21)(H,20,22)/t16-/m0/s1. The fraction of sp³-hybridized carbons (Fsp3) is 0.556. The lowest BCUT2D eigenvalue weighted by Gasteiger charge is -2.14. The molecule has 5 nitrogen and oxygen atoms in total. The zero-order valence-corrected chi connectivity index (χ0v) is 13.9. The number of nitrogens with one attached hydrogen (secondary N) is 2. The van der Waals surface area contributed by atoms with Crippen molar-refractivity contribution in [3.05, 3.63) is 29.8 Å². The summed E-state index contributed by atoms with van der Waals surface area (Å²) >= 11 is 0. The molecule has 0 unspecified atom stereocenters. The number of carbonyl (C=O) groups is 2. The molecular weight excluding hydrogens is 292 g/mol. The molecule has 5 heteroatoms. The minimum absolute atomic E-state index is 0.00640. The first-order valence-electron chi connectivity index (χ1n) is 8.44. The van der Waals surface area contributed by atoms with Gasteiger partial charge in [0, 0.05) is 30.3 Å². The number of benzene rings is 1. The van der Waals surface area contributed by atoms with Crippen molar-refractivity contribution in [2.24, 2.45) is 5.92 Å². The van der Waals surface area contributed by atoms with Gasteiger partial charge < -0.3 is 15.4 Å². The second-order valence-electron chi connectivity index (χ2n) is 5.93. The highest BCUT2D eigenvalue weighted by molar-refractivity contribution is 5.97. The summed E-state index contributed by atoms with van der Waals surface area (Å²) in [6.07, 6.45) is 3.79. The average molecular weight is 318 g/mol. The average Bonchev–Trinajstić information content (AvgIpc) is 3.07. The van der Waals surface area contributed by atoms with E-state index >= 15 is 0 Å². The van der Waals surface area contributed by atoms with Crippen LogP contribution in [0.1, 0.15) is 49.9 Å². The van der Waals surface area contributed by atoms with Crippen LogP contribution in [0.5, 0.6) is 0 Å². The molecule has 0 saturated carbocycles. The zero-order chi connectivity index (χ0) is 16.7. The summed E-state index contributed by atoms with van der Waals surface area (Å²) in [6.45, 7) is 5.31. The molecule has 1 aliphatic rings. The van der Waals surface area contributed by atoms with E-state index in [9.17, 15) is 9.59 Å². The van der Waals surface area contributed by atoms with Crippen LogP contribution in [-0.2, 0) is 9.53 Å². The lowest BCUT2D eigenvalue weighted by molar-refractivity contribution is -0.120. The number of anilines is 1. The van der Waals surface area contributed by atoms with Crippen LogP contribution in [0.3, 0.4) is 0 Å². The van der Waals surface area contributed by atoms with Gasteiger partial charge in [0.1, 0.15) is 0 Å². The van der Waals surface area contributed by atoms with Gasteiger partial charge in [0.2, 0.25) is 5.91 Å². The Kier molecular flexibility index (Phi) is 6.59. The molecule has 0 aromatic heterocycles. The highest BCUT2D eigenvalue weighted by Crippen LogP contribution is 2.15. The van der Waals surface area contributed by atoms with Crippen molar-refractivity contribution in [1.82, 2.24) is 5.32 Å². The molecule has 0 bridgehead atoms. The molecule has 1 aliphatic heterocycles. The molecule has 1 aromatic carbocycles. The summed E-state index contributed by atoms with van der Waals surface area (Å²) in [5, 5.41) is 5.78. The van der Waals surface area contributed by atoms with Gasteiger partial charge in [-0.25, -0.2) is 0 Å². The SMILES string of the molecule is CCC(CC)C(=O)Nc1cccc(C(=O)NC[C@@H]2CCCO2)c1. The van der Waals surface area contributed by atoms with E-state index in [-0.39, 0.29) is 23.8 Å². The van der Waals surface area contributed by atoms with E-state index in [4.69, 9.17) is 4.74 Å². The first-order valence-corrected chi connectivity index (χ1v) is 8.44. The van der Waals surface area contributed by atoms with Crippen LogP contribution < -0.4 is 10.6 Å². The molecule has 1 fully saturated rings. The van der Waals surface area contributed by atoms with Gasteiger partial charge in [0.05, 0.1) is 6.10 Å². The molecule has 126 valence electrons. The summed E-state index contributed by atoms with van der Waals surface area (Å²) in [5.74, 6) is -0.127. The Morgan fingerprint density at radius 1 is 1.30 bits per heavy atom. The van der Waals surface area contributed by atoms with Crippen molar-refractivity contribution >= 4 is 17.5 Å². The fourth-order valence-electron chi connectivity index (χ4n) is 2.76. The monoisotopic (exact) mass is 318 g/mol. The normalized spacial score (nSPS) is 17.3. The third kappa shape index (κ3) is 5.06. The maximum atomic E-state index is 12.2. The van der Waals surface area contributed by atoms with Crippen LogP contribution in [0.25, 0.3) is 0 Å². The number of hydrogen-bond acceptors (Lipinski definition) is 3. The Balaban J connectivity index is 1.92. The molecule has 1 aromatic rings. The van der Waals surface area contributed by atoms with Gasteiger partial charge >= 0.3 is 0 Å². The Morgan fingerprint density at radius 3 is 2.74 bits per heavy atom. The van der Waals surface area contributed by atoms with Crippen molar-refractivity contribution in [2.75, 3.05) is 18.5 Å². The molecule has 0 radical (unpaired) electrons. The largest absolute Gasteiger partial charge is 0.376 e. The van der Waals surface area contributed by atoms with Crippen LogP contribution in [0.4, 0.5) is 5.69 Å². The van der Waals surface area contributed by atoms with Gasteiger partial charge in [-0.1, -0.05) is 19.9 Å². The van der Waals surface area contributed by atoms with Gasteiger partial charge in [0.25, 0.3) is 5.91 Å². The highest BCUT2D eigenvalue weighted by atomic mass is 16.5. The maximum absolute atomic E-state index is 12.2. The summed E-state index contributed by atoms with van der Waals surface area (Å²) in [5.41, 5.74) is 1.21. The third-order valence-electron chi connectivity index (χ3n) is 4.26. The van der Waals surface area contributed by atoms with Crippen molar-refractivity contribution in [3.8, 4) is 0 Å². The Morgan fingerprint density at radius 2 is 2.09 bits per heavy atom. The van der Waals surface area contributed by atoms with Crippen LogP contribution in [-0.4, -0.2) is 31.1 Å². The van der Waals surface area contributed by atoms with Crippen LogP contribution in [0.2, 0.25) is 0 Å². The quantitative estimate of drug-likeness (QED) is 0.812. The van der Waals surface area contributed by atoms with E-state index in [0.717, 1.165) is 32.3 Å². The molecular formula is C18H26N2O3. The Hall–Kier alpha value is -1.88. The van der Waals surface area contributed by atoms with Crippen LogP contribution >= 0.6 is 0 Å². The molecule has 2 N–H and O–H groups in total. The predicted molar refractivity (Wildman–Crippen MR) is 90.5 cm³/mol. The van der Waals surface area contributed by atoms with E-state index in [1.54, 1.807) is 24.3 Å². The molecule has 0 aliphatic carbocycles. The lowest BCUT2D eigenvalue weighted by Crippen LogP contribution is -2.31. The topological polar surface area (TPSA) is 67.4 Å². The van der Waals surface area contributed by atoms with Crippen molar-refractivity contribution in [1.29, 1.82) is 0 Å². The first kappa shape index (κ1) is 17.5. The van der Waals surface area contributed by atoms with Gasteiger partial charge in [-0.3, -0.25) is 9.59 Å². The van der Waals surface area contributed by atoms with Gasteiger partial charge in [-0.15, -0.1) is 0 Å². The Bertz CT molecular complexity index is 535. The minimum atomic E-state index is -0.140. The summed E-state index contributed by atoms with van der Waals surface area (Å²) < 4.78 is 5.49. The van der Waals surface area contributed by atoms with Crippen LogP contribution in [0.15, 0.2) is 24.3 Å². The molecule has 23 heavy (non-hydrogen) atoms. The smallest absolute Gasteiger partial charge is 0.251 e. The van der Waals surface area contributed by atoms with Gasteiger partial charge in [-0.05, 0) is 43.9 Å². The van der Waals surface area contributed by atoms with E-state index in [0.29, 0.717) is 17.8 Å². The zero-order valence-electron chi connectivity index (χ0n) is 13.9.